The predicted molar refractivity (Wildman–Crippen MR) is 154 cm³/mol. The van der Waals surface area contributed by atoms with Gasteiger partial charge in [-0.15, -0.1) is 0 Å². The molecule has 5 nitrogen and oxygen atoms in total. The zero-order valence-corrected chi connectivity index (χ0v) is 23.3. The van der Waals surface area contributed by atoms with Crippen LogP contribution in [0.5, 0.6) is 0 Å². The third kappa shape index (κ3) is 4.27. The van der Waals surface area contributed by atoms with Gasteiger partial charge in [-0.2, -0.15) is 4.31 Å². The van der Waals surface area contributed by atoms with Crippen LogP contribution in [0, 0.1) is 13.8 Å². The smallest absolute Gasteiger partial charge is 0.219 e. The molecule has 0 spiro atoms. The molecule has 0 aromatic heterocycles. The fourth-order valence-electron chi connectivity index (χ4n) is 5.36. The standard InChI is InChI=1S/C32H27NO4S2/c1-22-12-16-25(17-13-22)38(34,35)30-21-33(39(36,37)26-18-14-23(2)15-19-26)20-29-31(24-8-4-3-5-9-24)27-10-6-7-11-28(27)32(29)30/h3-19H,20-21H2,1-2H3. The van der Waals surface area contributed by atoms with Crippen molar-refractivity contribution in [3.63, 3.8) is 0 Å². The van der Waals surface area contributed by atoms with E-state index in [4.69, 9.17) is 0 Å². The molecule has 2 aliphatic rings. The molecular weight excluding hydrogens is 526 g/mol. The molecule has 0 radical (unpaired) electrons. The first-order valence-corrected chi connectivity index (χ1v) is 15.6. The maximum absolute atomic E-state index is 14.2. The Balaban J connectivity index is 1.64. The van der Waals surface area contributed by atoms with Gasteiger partial charge < -0.3 is 0 Å². The normalized spacial score (nSPS) is 15.8. The lowest BCUT2D eigenvalue weighted by atomic mass is 9.97. The van der Waals surface area contributed by atoms with Gasteiger partial charge in [-0.3, -0.25) is 0 Å². The summed E-state index contributed by atoms with van der Waals surface area (Å²) >= 11 is 0. The second kappa shape index (κ2) is 9.45. The Hall–Kier alpha value is -3.78. The van der Waals surface area contributed by atoms with Crippen LogP contribution in [0.1, 0.15) is 27.8 Å². The van der Waals surface area contributed by atoms with E-state index in [1.165, 1.54) is 4.31 Å². The summed E-state index contributed by atoms with van der Waals surface area (Å²) in [5.41, 5.74) is 6.69. The summed E-state index contributed by atoms with van der Waals surface area (Å²) in [6.45, 7) is 3.61. The predicted octanol–water partition coefficient (Wildman–Crippen LogP) is 6.01. The van der Waals surface area contributed by atoms with Gasteiger partial charge in [0.2, 0.25) is 19.9 Å². The number of hydrogen-bond donors (Lipinski definition) is 0. The van der Waals surface area contributed by atoms with Gasteiger partial charge in [-0.05, 0) is 65.9 Å². The van der Waals surface area contributed by atoms with Gasteiger partial charge in [0.25, 0.3) is 0 Å². The number of aryl methyl sites for hydroxylation is 2. The van der Waals surface area contributed by atoms with Gasteiger partial charge in [0.05, 0.1) is 21.2 Å². The van der Waals surface area contributed by atoms with Crippen LogP contribution in [0.4, 0.5) is 0 Å². The van der Waals surface area contributed by atoms with Gasteiger partial charge in [0.15, 0.2) is 0 Å². The molecule has 0 fully saturated rings. The fraction of sp³-hybridized carbons (Fsp3) is 0.125. The summed E-state index contributed by atoms with van der Waals surface area (Å²) in [4.78, 5) is 0.387. The molecule has 0 unspecified atom stereocenters. The molecule has 39 heavy (non-hydrogen) atoms. The van der Waals surface area contributed by atoms with Crippen LogP contribution in [0.15, 0.2) is 123 Å². The van der Waals surface area contributed by atoms with E-state index in [1.807, 2.05) is 68.4 Å². The molecule has 1 heterocycles. The Morgan fingerprint density at radius 3 is 1.67 bits per heavy atom. The van der Waals surface area contributed by atoms with E-state index in [9.17, 15) is 16.8 Å². The van der Waals surface area contributed by atoms with Crippen LogP contribution >= 0.6 is 0 Å². The highest BCUT2D eigenvalue weighted by molar-refractivity contribution is 7.95. The topological polar surface area (TPSA) is 71.5 Å². The molecule has 0 saturated carbocycles. The van der Waals surface area contributed by atoms with Crippen LogP contribution in [0.3, 0.4) is 0 Å². The maximum Gasteiger partial charge on any atom is 0.243 e. The molecule has 0 N–H and O–H groups in total. The molecule has 196 valence electrons. The van der Waals surface area contributed by atoms with Crippen molar-refractivity contribution < 1.29 is 16.8 Å². The molecule has 0 amide bonds. The number of rotatable bonds is 5. The molecule has 6 rings (SSSR count). The number of fused-ring (bicyclic) bond motifs is 3. The monoisotopic (exact) mass is 553 g/mol. The van der Waals surface area contributed by atoms with Crippen molar-refractivity contribution in [2.75, 3.05) is 13.1 Å². The fourth-order valence-corrected chi connectivity index (χ4v) is 8.42. The molecule has 1 aliphatic carbocycles. The number of sulfonamides is 1. The molecule has 0 saturated heterocycles. The SMILES string of the molecule is Cc1ccc(S(=O)(=O)C2=C3C(=C(c4ccccc4)c4ccccc43)CN(S(=O)(=O)c3ccc(C)cc3)C2)cc1. The van der Waals surface area contributed by atoms with E-state index in [2.05, 4.69) is 0 Å². The van der Waals surface area contributed by atoms with Gasteiger partial charge in [0, 0.05) is 12.1 Å². The van der Waals surface area contributed by atoms with Crippen LogP contribution in [0.25, 0.3) is 11.1 Å². The highest BCUT2D eigenvalue weighted by Crippen LogP contribution is 2.50. The quantitative estimate of drug-likeness (QED) is 0.304. The van der Waals surface area contributed by atoms with E-state index < -0.39 is 19.9 Å². The van der Waals surface area contributed by atoms with Crippen molar-refractivity contribution in [3.8, 4) is 0 Å². The van der Waals surface area contributed by atoms with Gasteiger partial charge in [0.1, 0.15) is 0 Å². The third-order valence-corrected chi connectivity index (χ3v) is 11.1. The minimum Gasteiger partial charge on any atom is -0.219 e. The van der Waals surface area contributed by atoms with E-state index in [1.54, 1.807) is 48.5 Å². The molecule has 0 atom stereocenters. The Labute approximate surface area is 229 Å². The van der Waals surface area contributed by atoms with Gasteiger partial charge in [-0.1, -0.05) is 90.0 Å². The van der Waals surface area contributed by atoms with E-state index in [-0.39, 0.29) is 27.8 Å². The minimum absolute atomic E-state index is 0.0668. The van der Waals surface area contributed by atoms with Crippen molar-refractivity contribution in [3.05, 3.63) is 141 Å². The summed E-state index contributed by atoms with van der Waals surface area (Å²) in [5.74, 6) is 0. The largest absolute Gasteiger partial charge is 0.243 e. The molecular formula is C32H27NO4S2. The van der Waals surface area contributed by atoms with Crippen molar-refractivity contribution in [2.24, 2.45) is 0 Å². The summed E-state index contributed by atoms with van der Waals surface area (Å²) in [7, 11) is -8.02. The lowest BCUT2D eigenvalue weighted by Crippen LogP contribution is -2.39. The molecule has 1 aliphatic heterocycles. The summed E-state index contributed by atoms with van der Waals surface area (Å²) in [6, 6.07) is 30.8. The highest BCUT2D eigenvalue weighted by Gasteiger charge is 2.42. The minimum atomic E-state index is -4.02. The molecule has 4 aromatic rings. The Kier molecular flexibility index (Phi) is 6.18. The number of nitrogens with zero attached hydrogens (tertiary/aromatic N) is 1. The molecule has 4 aromatic carbocycles. The Bertz CT molecular complexity index is 1870. The van der Waals surface area contributed by atoms with Gasteiger partial charge in [-0.25, -0.2) is 16.8 Å². The van der Waals surface area contributed by atoms with E-state index >= 15 is 0 Å². The van der Waals surface area contributed by atoms with Crippen molar-refractivity contribution in [2.45, 2.75) is 23.6 Å². The second-order valence-electron chi connectivity index (χ2n) is 9.97. The highest BCUT2D eigenvalue weighted by atomic mass is 32.2. The maximum atomic E-state index is 14.2. The molecule has 7 heteroatoms. The average molecular weight is 554 g/mol. The second-order valence-corrected chi connectivity index (χ2v) is 13.9. The van der Waals surface area contributed by atoms with Gasteiger partial charge >= 0.3 is 0 Å². The number of benzene rings is 4. The lowest BCUT2D eigenvalue weighted by Gasteiger charge is -2.31. The van der Waals surface area contributed by atoms with Crippen molar-refractivity contribution in [1.29, 1.82) is 0 Å². The van der Waals surface area contributed by atoms with Crippen LogP contribution < -0.4 is 0 Å². The van der Waals surface area contributed by atoms with Crippen LogP contribution in [0.2, 0.25) is 0 Å². The van der Waals surface area contributed by atoms with Crippen LogP contribution in [-0.2, 0) is 19.9 Å². The molecule has 0 bridgehead atoms. The Morgan fingerprint density at radius 1 is 0.564 bits per heavy atom. The number of hydrogen-bond acceptors (Lipinski definition) is 4. The van der Waals surface area contributed by atoms with E-state index in [0.29, 0.717) is 11.1 Å². The summed E-state index contributed by atoms with van der Waals surface area (Å²) in [6.07, 6.45) is 0. The summed E-state index contributed by atoms with van der Waals surface area (Å²) in [5, 5.41) is 0. The number of sulfone groups is 1. The zero-order chi connectivity index (χ0) is 27.4. The van der Waals surface area contributed by atoms with Crippen LogP contribution in [-0.4, -0.2) is 34.2 Å². The average Bonchev–Trinajstić information content (AvgIpc) is 3.28. The lowest BCUT2D eigenvalue weighted by molar-refractivity contribution is 0.461. The Morgan fingerprint density at radius 2 is 1.08 bits per heavy atom. The first-order valence-electron chi connectivity index (χ1n) is 12.7. The van der Waals surface area contributed by atoms with Crippen molar-refractivity contribution >= 4 is 31.0 Å². The van der Waals surface area contributed by atoms with E-state index in [0.717, 1.165) is 33.4 Å². The first-order chi connectivity index (χ1) is 18.7. The summed E-state index contributed by atoms with van der Waals surface area (Å²) < 4.78 is 57.7. The van der Waals surface area contributed by atoms with Crippen molar-refractivity contribution in [1.82, 2.24) is 4.31 Å². The third-order valence-electron chi connectivity index (χ3n) is 7.38. The first kappa shape index (κ1) is 25.5. The zero-order valence-electron chi connectivity index (χ0n) is 21.6.